The monoisotopic (exact) mass is 327 g/mol. The molecule has 0 unspecified atom stereocenters. The van der Waals surface area contributed by atoms with E-state index in [9.17, 15) is 19.9 Å². The Labute approximate surface area is 119 Å². The molecule has 21 heavy (non-hydrogen) atoms. The van der Waals surface area contributed by atoms with Crippen LogP contribution >= 0.6 is 7.60 Å². The van der Waals surface area contributed by atoms with Crippen LogP contribution < -0.4 is 0 Å². The van der Waals surface area contributed by atoms with Crippen LogP contribution in [0.5, 0.6) is 0 Å². The molecule has 0 bridgehead atoms. The Morgan fingerprint density at radius 2 is 1.90 bits per heavy atom. The molecule has 0 aromatic carbocycles. The van der Waals surface area contributed by atoms with Crippen molar-refractivity contribution in [2.45, 2.75) is 37.1 Å². The summed E-state index contributed by atoms with van der Waals surface area (Å²) in [4.78, 5) is 20.1. The maximum Gasteiger partial charge on any atom is 0.325 e. The van der Waals surface area contributed by atoms with Gasteiger partial charge in [-0.15, -0.1) is 0 Å². The van der Waals surface area contributed by atoms with E-state index in [4.69, 9.17) is 24.8 Å². The molecule has 122 valence electrons. The lowest BCUT2D eigenvalue weighted by molar-refractivity contribution is -0.296. The third kappa shape index (κ3) is 5.87. The van der Waals surface area contributed by atoms with E-state index in [-0.39, 0.29) is 19.6 Å². The Morgan fingerprint density at radius 3 is 2.48 bits per heavy atom. The number of azide groups is 1. The summed E-state index contributed by atoms with van der Waals surface area (Å²) in [7, 11) is -4.28. The van der Waals surface area contributed by atoms with Crippen LogP contribution in [0.3, 0.4) is 0 Å². The standard InChI is InChI=1S/C9H18N3O8P/c10-12-11-2-3-19-9-8(15)7(14)6(13)5(20-9)1-4-21(16,17)18/h5-9,13-15H,1-4H2,(H2,16,17,18)/t5-,6-,7+,8+,9+/m1/s1. The summed E-state index contributed by atoms with van der Waals surface area (Å²) in [6, 6.07) is 0. The average Bonchev–Trinajstić information content (AvgIpc) is 2.41. The minimum Gasteiger partial charge on any atom is -0.388 e. The molecule has 0 spiro atoms. The van der Waals surface area contributed by atoms with Crippen LogP contribution in [0.4, 0.5) is 0 Å². The van der Waals surface area contributed by atoms with Gasteiger partial charge in [-0.2, -0.15) is 0 Å². The number of aliphatic hydroxyl groups is 3. The first-order valence-electron chi connectivity index (χ1n) is 6.13. The molecule has 5 N–H and O–H groups in total. The number of hydrogen-bond donors (Lipinski definition) is 5. The van der Waals surface area contributed by atoms with Crippen molar-refractivity contribution in [1.82, 2.24) is 0 Å². The van der Waals surface area contributed by atoms with Crippen LogP contribution in [0.25, 0.3) is 10.4 Å². The summed E-state index contributed by atoms with van der Waals surface area (Å²) in [6.07, 6.45) is -7.75. The highest BCUT2D eigenvalue weighted by atomic mass is 31.2. The van der Waals surface area contributed by atoms with Crippen molar-refractivity contribution < 1.29 is 39.1 Å². The van der Waals surface area contributed by atoms with E-state index in [1.807, 2.05) is 0 Å². The molecular weight excluding hydrogens is 309 g/mol. The fourth-order valence-electron chi connectivity index (χ4n) is 1.84. The lowest BCUT2D eigenvalue weighted by Crippen LogP contribution is -2.58. The molecule has 0 saturated carbocycles. The summed E-state index contributed by atoms with van der Waals surface area (Å²) in [5.74, 6) is 0. The molecule has 5 atom stereocenters. The maximum absolute atomic E-state index is 10.8. The van der Waals surface area contributed by atoms with Gasteiger partial charge in [0.25, 0.3) is 0 Å². The summed E-state index contributed by atoms with van der Waals surface area (Å²) in [5.41, 5.74) is 8.10. The lowest BCUT2D eigenvalue weighted by Gasteiger charge is -2.40. The van der Waals surface area contributed by atoms with Crippen LogP contribution in [-0.4, -0.2) is 75.1 Å². The summed E-state index contributed by atoms with van der Waals surface area (Å²) >= 11 is 0. The number of ether oxygens (including phenoxy) is 2. The van der Waals surface area contributed by atoms with E-state index >= 15 is 0 Å². The molecule has 0 aliphatic carbocycles. The van der Waals surface area contributed by atoms with Gasteiger partial charge in [0.1, 0.15) is 18.3 Å². The van der Waals surface area contributed by atoms with Crippen LogP contribution in [0, 0.1) is 0 Å². The third-order valence-corrected chi connectivity index (χ3v) is 3.75. The molecule has 1 fully saturated rings. The van der Waals surface area contributed by atoms with Gasteiger partial charge >= 0.3 is 7.60 Å². The van der Waals surface area contributed by atoms with Crippen molar-refractivity contribution in [3.8, 4) is 0 Å². The largest absolute Gasteiger partial charge is 0.388 e. The molecule has 1 rings (SSSR count). The number of nitrogens with zero attached hydrogens (tertiary/aromatic N) is 3. The van der Waals surface area contributed by atoms with Gasteiger partial charge in [-0.05, 0) is 12.0 Å². The van der Waals surface area contributed by atoms with Gasteiger partial charge in [-0.1, -0.05) is 5.11 Å². The van der Waals surface area contributed by atoms with E-state index in [1.165, 1.54) is 0 Å². The van der Waals surface area contributed by atoms with E-state index in [2.05, 4.69) is 10.0 Å². The van der Waals surface area contributed by atoms with Crippen molar-refractivity contribution >= 4 is 7.60 Å². The highest BCUT2D eigenvalue weighted by Gasteiger charge is 2.44. The number of hydrogen-bond acceptors (Lipinski definition) is 7. The molecule has 1 aliphatic heterocycles. The fourth-order valence-corrected chi connectivity index (χ4v) is 2.43. The molecular formula is C9H18N3O8P. The normalized spacial score (nSPS) is 33.5. The van der Waals surface area contributed by atoms with Crippen LogP contribution in [0.15, 0.2) is 5.11 Å². The van der Waals surface area contributed by atoms with Crippen molar-refractivity contribution in [3.05, 3.63) is 10.4 Å². The summed E-state index contributed by atoms with van der Waals surface area (Å²) in [5, 5.41) is 32.3. The van der Waals surface area contributed by atoms with E-state index in [0.717, 1.165) is 0 Å². The minimum absolute atomic E-state index is 0.0190. The second-order valence-corrected chi connectivity index (χ2v) is 6.29. The van der Waals surface area contributed by atoms with Crippen LogP contribution in [-0.2, 0) is 14.0 Å². The zero-order valence-electron chi connectivity index (χ0n) is 11.0. The average molecular weight is 327 g/mol. The van der Waals surface area contributed by atoms with E-state index < -0.39 is 44.5 Å². The maximum atomic E-state index is 10.8. The topological polar surface area (TPSA) is 185 Å². The first-order valence-corrected chi connectivity index (χ1v) is 7.92. The Bertz CT molecular complexity index is 425. The van der Waals surface area contributed by atoms with Gasteiger partial charge < -0.3 is 34.6 Å². The van der Waals surface area contributed by atoms with E-state index in [1.54, 1.807) is 0 Å². The fraction of sp³-hybridized carbons (Fsp3) is 1.00. The lowest BCUT2D eigenvalue weighted by atomic mass is 9.97. The zero-order valence-corrected chi connectivity index (χ0v) is 11.9. The van der Waals surface area contributed by atoms with Gasteiger partial charge in [-0.3, -0.25) is 4.57 Å². The van der Waals surface area contributed by atoms with Gasteiger partial charge in [0.15, 0.2) is 6.29 Å². The smallest absolute Gasteiger partial charge is 0.325 e. The molecule has 0 aromatic rings. The highest BCUT2D eigenvalue weighted by Crippen LogP contribution is 2.37. The third-order valence-electron chi connectivity index (χ3n) is 2.91. The first-order chi connectivity index (χ1) is 9.76. The Hall–Kier alpha value is -0.740. The molecule has 1 aliphatic rings. The molecule has 1 saturated heterocycles. The number of aliphatic hydroxyl groups excluding tert-OH is 3. The zero-order chi connectivity index (χ0) is 16.0. The van der Waals surface area contributed by atoms with Gasteiger partial charge in [0.2, 0.25) is 0 Å². The van der Waals surface area contributed by atoms with Crippen molar-refractivity contribution in [2.24, 2.45) is 5.11 Å². The highest BCUT2D eigenvalue weighted by molar-refractivity contribution is 7.51. The van der Waals surface area contributed by atoms with Gasteiger partial charge in [0, 0.05) is 11.5 Å². The molecule has 0 amide bonds. The molecule has 12 heteroatoms. The van der Waals surface area contributed by atoms with Gasteiger partial charge in [0.05, 0.1) is 18.9 Å². The SMILES string of the molecule is [N-]=[N+]=NCCO[C@H]1O[C@H](CCP(=O)(O)O)[C@@H](O)[C@H](O)[C@@H]1O. The minimum atomic E-state index is -4.28. The molecule has 1 heterocycles. The second-order valence-electron chi connectivity index (χ2n) is 4.52. The van der Waals surface area contributed by atoms with Crippen molar-refractivity contribution in [3.63, 3.8) is 0 Å². The van der Waals surface area contributed by atoms with Crippen LogP contribution in [0.1, 0.15) is 6.42 Å². The number of rotatable bonds is 7. The van der Waals surface area contributed by atoms with Crippen molar-refractivity contribution in [2.75, 3.05) is 19.3 Å². The van der Waals surface area contributed by atoms with Crippen molar-refractivity contribution in [1.29, 1.82) is 0 Å². The predicted molar refractivity (Wildman–Crippen MR) is 68.2 cm³/mol. The van der Waals surface area contributed by atoms with Crippen LogP contribution in [0.2, 0.25) is 0 Å². The Morgan fingerprint density at radius 1 is 1.24 bits per heavy atom. The summed E-state index contributed by atoms with van der Waals surface area (Å²) in [6.45, 7) is -0.102. The van der Waals surface area contributed by atoms with E-state index in [0.29, 0.717) is 0 Å². The first kappa shape index (κ1) is 18.3. The summed E-state index contributed by atoms with van der Waals surface area (Å²) < 4.78 is 21.1. The quantitative estimate of drug-likeness (QED) is 0.125. The molecule has 0 radical (unpaired) electrons. The Balaban J connectivity index is 2.59. The van der Waals surface area contributed by atoms with Gasteiger partial charge in [-0.25, -0.2) is 0 Å². The Kier molecular flexibility index (Phi) is 7.01. The second kappa shape index (κ2) is 8.04. The molecule has 0 aromatic heterocycles. The predicted octanol–water partition coefficient (Wildman–Crippen LogP) is -1.31. The molecule has 11 nitrogen and oxygen atoms in total.